The highest BCUT2D eigenvalue weighted by atomic mass is 32.1. The fraction of sp³-hybridized carbons (Fsp3) is 0.688. The minimum atomic E-state index is 0.0137. The SMILES string of the molecule is O=C(NC1CCCCCC1CO)c1cc2c(s1)CCOC2. The quantitative estimate of drug-likeness (QED) is 0.843. The molecule has 0 saturated heterocycles. The van der Waals surface area contributed by atoms with Gasteiger partial charge in [-0.3, -0.25) is 4.79 Å². The van der Waals surface area contributed by atoms with Crippen molar-refractivity contribution >= 4 is 17.2 Å². The molecule has 1 aromatic heterocycles. The lowest BCUT2D eigenvalue weighted by atomic mass is 9.95. The summed E-state index contributed by atoms with van der Waals surface area (Å²) >= 11 is 1.59. The third kappa shape index (κ3) is 3.47. The van der Waals surface area contributed by atoms with E-state index in [1.165, 1.54) is 11.3 Å². The summed E-state index contributed by atoms with van der Waals surface area (Å²) in [5.74, 6) is 0.217. The van der Waals surface area contributed by atoms with E-state index in [2.05, 4.69) is 5.32 Å². The van der Waals surface area contributed by atoms with Gasteiger partial charge in [-0.25, -0.2) is 0 Å². The zero-order valence-electron chi connectivity index (χ0n) is 12.3. The summed E-state index contributed by atoms with van der Waals surface area (Å²) in [6, 6.07) is 2.08. The molecule has 21 heavy (non-hydrogen) atoms. The molecule has 1 aliphatic carbocycles. The van der Waals surface area contributed by atoms with Crippen molar-refractivity contribution in [1.82, 2.24) is 5.32 Å². The van der Waals surface area contributed by atoms with Crippen LogP contribution in [-0.2, 0) is 17.8 Å². The molecule has 2 atom stereocenters. The first kappa shape index (κ1) is 15.0. The summed E-state index contributed by atoms with van der Waals surface area (Å²) in [6.07, 6.45) is 6.39. The van der Waals surface area contributed by atoms with Gasteiger partial charge in [0.05, 0.1) is 18.1 Å². The first-order valence-corrected chi connectivity index (χ1v) is 8.70. The van der Waals surface area contributed by atoms with E-state index in [9.17, 15) is 9.90 Å². The van der Waals surface area contributed by atoms with Crippen molar-refractivity contribution < 1.29 is 14.6 Å². The number of rotatable bonds is 3. The van der Waals surface area contributed by atoms with Crippen LogP contribution in [0.4, 0.5) is 0 Å². The Balaban J connectivity index is 1.68. The molecular formula is C16H23NO3S. The molecule has 2 heterocycles. The smallest absolute Gasteiger partial charge is 0.261 e. The first-order valence-electron chi connectivity index (χ1n) is 7.89. The fourth-order valence-electron chi connectivity index (χ4n) is 3.29. The summed E-state index contributed by atoms with van der Waals surface area (Å²) in [5, 5.41) is 12.7. The van der Waals surface area contributed by atoms with E-state index < -0.39 is 0 Å². The molecule has 3 rings (SSSR count). The van der Waals surface area contributed by atoms with Crippen LogP contribution in [0.15, 0.2) is 6.07 Å². The molecule has 5 heteroatoms. The summed E-state index contributed by atoms with van der Waals surface area (Å²) in [4.78, 5) is 14.5. The molecule has 0 spiro atoms. The maximum Gasteiger partial charge on any atom is 0.261 e. The van der Waals surface area contributed by atoms with Crippen LogP contribution in [0.5, 0.6) is 0 Å². The number of amides is 1. The molecule has 1 aliphatic heterocycles. The molecule has 0 aromatic carbocycles. The lowest BCUT2D eigenvalue weighted by molar-refractivity contribution is 0.0903. The number of hydrogen-bond donors (Lipinski definition) is 2. The second-order valence-corrected chi connectivity index (χ2v) is 7.16. The summed E-state index contributed by atoms with van der Waals surface area (Å²) in [5.41, 5.74) is 1.16. The number of aliphatic hydroxyl groups excluding tert-OH is 1. The van der Waals surface area contributed by atoms with E-state index in [1.807, 2.05) is 6.07 Å². The Hall–Kier alpha value is -0.910. The van der Waals surface area contributed by atoms with Gasteiger partial charge in [0.15, 0.2) is 0 Å². The van der Waals surface area contributed by atoms with Gasteiger partial charge < -0.3 is 15.2 Å². The van der Waals surface area contributed by atoms with Crippen LogP contribution in [0.2, 0.25) is 0 Å². The van der Waals surface area contributed by atoms with Crippen molar-refractivity contribution in [2.24, 2.45) is 5.92 Å². The predicted octanol–water partition coefficient (Wildman–Crippen LogP) is 2.49. The van der Waals surface area contributed by atoms with Gasteiger partial charge in [-0.15, -0.1) is 11.3 Å². The van der Waals surface area contributed by atoms with Crippen LogP contribution < -0.4 is 5.32 Å². The van der Waals surface area contributed by atoms with Crippen molar-refractivity contribution in [1.29, 1.82) is 0 Å². The Morgan fingerprint density at radius 2 is 2.24 bits per heavy atom. The van der Waals surface area contributed by atoms with Gasteiger partial charge in [0.1, 0.15) is 0 Å². The zero-order valence-corrected chi connectivity index (χ0v) is 13.1. The average molecular weight is 309 g/mol. The van der Waals surface area contributed by atoms with Gasteiger partial charge in [0.2, 0.25) is 0 Å². The number of carbonyl (C=O) groups excluding carboxylic acids is 1. The molecule has 2 N–H and O–H groups in total. The van der Waals surface area contributed by atoms with Crippen LogP contribution in [-0.4, -0.2) is 30.3 Å². The van der Waals surface area contributed by atoms with Gasteiger partial charge in [0.25, 0.3) is 5.91 Å². The number of ether oxygens (including phenoxy) is 1. The maximum atomic E-state index is 12.5. The van der Waals surface area contributed by atoms with E-state index in [-0.39, 0.29) is 24.5 Å². The van der Waals surface area contributed by atoms with Gasteiger partial charge in [0, 0.05) is 29.9 Å². The highest BCUT2D eigenvalue weighted by Gasteiger charge is 2.26. The number of thiophene rings is 1. The number of fused-ring (bicyclic) bond motifs is 1. The van der Waals surface area contributed by atoms with E-state index in [4.69, 9.17) is 4.74 Å². The Morgan fingerprint density at radius 1 is 1.38 bits per heavy atom. The predicted molar refractivity (Wildman–Crippen MR) is 82.6 cm³/mol. The number of hydrogen-bond acceptors (Lipinski definition) is 4. The van der Waals surface area contributed by atoms with Gasteiger partial charge >= 0.3 is 0 Å². The molecule has 2 aliphatic rings. The van der Waals surface area contributed by atoms with E-state index in [0.29, 0.717) is 6.61 Å². The minimum absolute atomic E-state index is 0.0137. The summed E-state index contributed by atoms with van der Waals surface area (Å²) in [6.45, 7) is 1.55. The van der Waals surface area contributed by atoms with E-state index in [0.717, 1.165) is 49.2 Å². The highest BCUT2D eigenvalue weighted by molar-refractivity contribution is 7.14. The topological polar surface area (TPSA) is 58.6 Å². The Kier molecular flexibility index (Phi) is 4.93. The summed E-state index contributed by atoms with van der Waals surface area (Å²) in [7, 11) is 0. The monoisotopic (exact) mass is 309 g/mol. The lowest BCUT2D eigenvalue weighted by Crippen LogP contribution is -2.40. The van der Waals surface area contributed by atoms with Crippen LogP contribution >= 0.6 is 11.3 Å². The molecule has 1 fully saturated rings. The normalized spacial score (nSPS) is 26.0. The second kappa shape index (κ2) is 6.90. The van der Waals surface area contributed by atoms with Crippen molar-refractivity contribution in [3.05, 3.63) is 21.4 Å². The fourth-order valence-corrected chi connectivity index (χ4v) is 4.34. The molecule has 1 amide bonds. The molecule has 0 bridgehead atoms. The third-order valence-electron chi connectivity index (χ3n) is 4.56. The molecule has 1 aromatic rings. The van der Waals surface area contributed by atoms with E-state index >= 15 is 0 Å². The lowest BCUT2D eigenvalue weighted by Gasteiger charge is -2.24. The standard InChI is InChI=1S/C16H23NO3S/c18-9-11-4-2-1-3-5-13(11)17-16(19)15-8-12-10-20-7-6-14(12)21-15/h8,11,13,18H,1-7,9-10H2,(H,17,19). The number of carbonyl (C=O) groups is 1. The Labute approximate surface area is 129 Å². The van der Waals surface area contributed by atoms with Crippen molar-refractivity contribution in [2.75, 3.05) is 13.2 Å². The molecule has 1 saturated carbocycles. The second-order valence-electron chi connectivity index (χ2n) is 6.02. The van der Waals surface area contributed by atoms with Crippen LogP contribution in [0.3, 0.4) is 0 Å². The summed E-state index contributed by atoms with van der Waals surface area (Å²) < 4.78 is 5.43. The minimum Gasteiger partial charge on any atom is -0.396 e. The largest absolute Gasteiger partial charge is 0.396 e. The van der Waals surface area contributed by atoms with Gasteiger partial charge in [-0.1, -0.05) is 19.3 Å². The Morgan fingerprint density at radius 3 is 3.05 bits per heavy atom. The molecule has 0 radical (unpaired) electrons. The van der Waals surface area contributed by atoms with Crippen LogP contribution in [0.25, 0.3) is 0 Å². The van der Waals surface area contributed by atoms with Crippen LogP contribution in [0.1, 0.15) is 52.2 Å². The molecule has 2 unspecified atom stereocenters. The Bertz CT molecular complexity index is 476. The first-order chi connectivity index (χ1) is 10.3. The maximum absolute atomic E-state index is 12.5. The number of aliphatic hydroxyl groups is 1. The van der Waals surface area contributed by atoms with Crippen LogP contribution in [0, 0.1) is 5.92 Å². The van der Waals surface area contributed by atoms with Gasteiger partial charge in [-0.05, 0) is 24.5 Å². The van der Waals surface area contributed by atoms with Crippen molar-refractivity contribution in [3.8, 4) is 0 Å². The highest BCUT2D eigenvalue weighted by Crippen LogP contribution is 2.28. The van der Waals surface area contributed by atoms with E-state index in [1.54, 1.807) is 11.3 Å². The number of nitrogens with one attached hydrogen (secondary N) is 1. The van der Waals surface area contributed by atoms with Crippen molar-refractivity contribution in [2.45, 2.75) is 51.2 Å². The molecule has 116 valence electrons. The third-order valence-corrected chi connectivity index (χ3v) is 5.80. The zero-order chi connectivity index (χ0) is 14.7. The molecular weight excluding hydrogens is 286 g/mol. The van der Waals surface area contributed by atoms with Crippen molar-refractivity contribution in [3.63, 3.8) is 0 Å². The van der Waals surface area contributed by atoms with Gasteiger partial charge in [-0.2, -0.15) is 0 Å². The molecule has 4 nitrogen and oxygen atoms in total. The average Bonchev–Trinajstić information content (AvgIpc) is 2.82.